The van der Waals surface area contributed by atoms with Crippen molar-refractivity contribution in [3.05, 3.63) is 94.5 Å². The van der Waals surface area contributed by atoms with Crippen molar-refractivity contribution in [1.82, 2.24) is 4.90 Å². The second-order valence-electron chi connectivity index (χ2n) is 9.29. The summed E-state index contributed by atoms with van der Waals surface area (Å²) in [5.41, 5.74) is 4.86. The molecule has 3 aromatic carbocycles. The van der Waals surface area contributed by atoms with E-state index in [0.29, 0.717) is 0 Å². The maximum Gasteiger partial charge on any atom is 0.264 e. The van der Waals surface area contributed by atoms with Gasteiger partial charge in [-0.1, -0.05) is 59.6 Å². The molecule has 1 amide bonds. The number of piperidine rings is 1. The van der Waals surface area contributed by atoms with E-state index in [-0.39, 0.29) is 17.9 Å². The number of benzene rings is 3. The van der Waals surface area contributed by atoms with Gasteiger partial charge in [0.1, 0.15) is 5.75 Å². The third-order valence-electron chi connectivity index (χ3n) is 6.99. The molecule has 0 atom stereocenters. The first kappa shape index (κ1) is 22.0. The number of amides is 1. The molecule has 0 radical (unpaired) electrons. The van der Waals surface area contributed by atoms with Crippen LogP contribution < -0.4 is 9.64 Å². The largest absolute Gasteiger partial charge is 0.484 e. The number of fused-ring (bicyclic) bond motifs is 2. The summed E-state index contributed by atoms with van der Waals surface area (Å²) in [5, 5.41) is 0.785. The minimum absolute atomic E-state index is 0.00852. The zero-order valence-electron chi connectivity index (χ0n) is 19.0. The fourth-order valence-corrected chi connectivity index (χ4v) is 5.42. The molecule has 0 bridgehead atoms. The summed E-state index contributed by atoms with van der Waals surface area (Å²) in [7, 11) is 0. The number of carbonyl (C=O) groups is 1. The van der Waals surface area contributed by atoms with Crippen molar-refractivity contribution < 1.29 is 9.53 Å². The van der Waals surface area contributed by atoms with Crippen molar-refractivity contribution in [2.45, 2.75) is 31.7 Å². The summed E-state index contributed by atoms with van der Waals surface area (Å²) >= 11 is 6.18. The van der Waals surface area contributed by atoms with Crippen LogP contribution in [0.3, 0.4) is 0 Å². The first-order valence-electron chi connectivity index (χ1n) is 11.6. The summed E-state index contributed by atoms with van der Waals surface area (Å²) in [5.74, 6) is 0.736. The smallest absolute Gasteiger partial charge is 0.264 e. The molecule has 1 saturated heterocycles. The van der Waals surface area contributed by atoms with Crippen LogP contribution in [0.15, 0.2) is 72.8 Å². The number of carbonyl (C=O) groups excluding carboxylic acids is 1. The summed E-state index contributed by atoms with van der Waals surface area (Å²) < 4.78 is 5.78. The summed E-state index contributed by atoms with van der Waals surface area (Å²) in [6, 6.07) is 24.1. The normalized spacial score (nSPS) is 17.2. The highest BCUT2D eigenvalue weighted by Gasteiger charge is 2.46. The van der Waals surface area contributed by atoms with E-state index in [1.54, 1.807) is 0 Å². The van der Waals surface area contributed by atoms with Crippen molar-refractivity contribution in [1.29, 1.82) is 0 Å². The van der Waals surface area contributed by atoms with E-state index in [4.69, 9.17) is 16.3 Å². The molecule has 5 heteroatoms. The molecule has 0 N–H and O–H groups in total. The van der Waals surface area contributed by atoms with Crippen molar-refractivity contribution in [3.8, 4) is 5.75 Å². The summed E-state index contributed by atoms with van der Waals surface area (Å²) in [6.07, 6.45) is 2.07. The van der Waals surface area contributed by atoms with Crippen molar-refractivity contribution in [3.63, 3.8) is 0 Å². The number of rotatable bonds is 5. The van der Waals surface area contributed by atoms with Gasteiger partial charge in [0.05, 0.1) is 0 Å². The van der Waals surface area contributed by atoms with E-state index in [1.165, 1.54) is 16.7 Å². The number of para-hydroxylation sites is 1. The second-order valence-corrected chi connectivity index (χ2v) is 9.73. The zero-order valence-corrected chi connectivity index (χ0v) is 19.7. The lowest BCUT2D eigenvalue weighted by Crippen LogP contribution is -2.46. The standard InChI is InChI=1S/C28H29ClN2O2/c1-21-10-11-26-25(16-21)28(20-31(26)27(32)19-33-24-8-3-2-4-9-24)12-14-30(15-13-28)18-22-6-5-7-23(29)17-22/h2-11,16-17H,12-15,18-20H2,1H3. The van der Waals surface area contributed by atoms with Crippen LogP contribution in [0, 0.1) is 6.92 Å². The number of nitrogens with zero attached hydrogens (tertiary/aromatic N) is 2. The van der Waals surface area contributed by atoms with Gasteiger partial charge in [-0.2, -0.15) is 0 Å². The Hall–Kier alpha value is -2.82. The summed E-state index contributed by atoms with van der Waals surface area (Å²) in [4.78, 5) is 17.7. The predicted molar refractivity (Wildman–Crippen MR) is 133 cm³/mol. The minimum atomic E-state index is 0.00852. The van der Waals surface area contributed by atoms with Crippen LogP contribution in [-0.2, 0) is 16.8 Å². The number of aryl methyl sites for hydroxylation is 1. The Morgan fingerprint density at radius 1 is 1.00 bits per heavy atom. The van der Waals surface area contributed by atoms with Crippen molar-refractivity contribution in [2.24, 2.45) is 0 Å². The monoisotopic (exact) mass is 460 g/mol. The van der Waals surface area contributed by atoms with Crippen LogP contribution in [0.4, 0.5) is 5.69 Å². The maximum atomic E-state index is 13.2. The molecule has 4 nitrogen and oxygen atoms in total. The molecule has 33 heavy (non-hydrogen) atoms. The maximum absolute atomic E-state index is 13.2. The number of hydrogen-bond donors (Lipinski definition) is 0. The van der Waals surface area contributed by atoms with Crippen LogP contribution >= 0.6 is 11.6 Å². The van der Waals surface area contributed by atoms with Crippen molar-refractivity contribution >= 4 is 23.2 Å². The molecule has 0 unspecified atom stereocenters. The highest BCUT2D eigenvalue weighted by atomic mass is 35.5. The third kappa shape index (κ3) is 4.64. The molecule has 1 fully saturated rings. The quantitative estimate of drug-likeness (QED) is 0.496. The topological polar surface area (TPSA) is 32.8 Å². The molecule has 0 aliphatic carbocycles. The Bertz CT molecular complexity index is 1140. The Morgan fingerprint density at radius 2 is 1.79 bits per heavy atom. The molecule has 0 aromatic heterocycles. The van der Waals surface area contributed by atoms with E-state index in [9.17, 15) is 4.79 Å². The lowest BCUT2D eigenvalue weighted by atomic mass is 9.74. The SMILES string of the molecule is Cc1ccc2c(c1)C1(CCN(Cc3cccc(Cl)c3)CC1)CN2C(=O)COc1ccccc1. The van der Waals surface area contributed by atoms with Crippen LogP contribution in [0.1, 0.15) is 29.5 Å². The first-order valence-corrected chi connectivity index (χ1v) is 12.0. The van der Waals surface area contributed by atoms with Gasteiger partial charge in [-0.3, -0.25) is 9.69 Å². The predicted octanol–water partition coefficient (Wildman–Crippen LogP) is 5.61. The molecule has 1 spiro atoms. The number of anilines is 1. The average molecular weight is 461 g/mol. The van der Waals surface area contributed by atoms with Gasteiger partial charge in [0.15, 0.2) is 6.61 Å². The van der Waals surface area contributed by atoms with Gasteiger partial charge in [-0.05, 0) is 74.3 Å². The van der Waals surface area contributed by atoms with Gasteiger partial charge in [-0.15, -0.1) is 0 Å². The fourth-order valence-electron chi connectivity index (χ4n) is 5.21. The van der Waals surface area contributed by atoms with Gasteiger partial charge < -0.3 is 9.64 Å². The van der Waals surface area contributed by atoms with Crippen LogP contribution in [0.25, 0.3) is 0 Å². The molecule has 0 saturated carbocycles. The first-order chi connectivity index (χ1) is 16.0. The van der Waals surface area contributed by atoms with E-state index < -0.39 is 0 Å². The highest BCUT2D eigenvalue weighted by molar-refractivity contribution is 6.30. The summed E-state index contributed by atoms with van der Waals surface area (Å²) in [6.45, 7) is 5.82. The van der Waals surface area contributed by atoms with E-state index >= 15 is 0 Å². The number of halogens is 1. The molecule has 2 aliphatic rings. The van der Waals surface area contributed by atoms with Gasteiger partial charge in [0.2, 0.25) is 0 Å². The molecule has 5 rings (SSSR count). The Kier molecular flexibility index (Phi) is 6.13. The number of likely N-dealkylation sites (tertiary alicyclic amines) is 1. The fraction of sp³-hybridized carbons (Fsp3) is 0.321. The zero-order chi connectivity index (χ0) is 22.8. The molecular weight excluding hydrogens is 432 g/mol. The Morgan fingerprint density at radius 3 is 2.55 bits per heavy atom. The van der Waals surface area contributed by atoms with Crippen LogP contribution in [0.5, 0.6) is 5.75 Å². The van der Waals surface area contributed by atoms with Crippen LogP contribution in [0.2, 0.25) is 5.02 Å². The third-order valence-corrected chi connectivity index (χ3v) is 7.23. The second kappa shape index (κ2) is 9.20. The number of ether oxygens (including phenoxy) is 1. The Balaban J connectivity index is 1.30. The van der Waals surface area contributed by atoms with Gasteiger partial charge in [0.25, 0.3) is 5.91 Å². The lowest BCUT2D eigenvalue weighted by Gasteiger charge is -2.40. The molecular formula is C28H29ClN2O2. The highest BCUT2D eigenvalue weighted by Crippen LogP contribution is 2.47. The average Bonchev–Trinajstić information content (AvgIpc) is 3.13. The molecule has 3 aromatic rings. The van der Waals surface area contributed by atoms with E-state index in [1.807, 2.05) is 53.4 Å². The van der Waals surface area contributed by atoms with Crippen LogP contribution in [-0.4, -0.2) is 37.0 Å². The van der Waals surface area contributed by atoms with Gasteiger partial charge >= 0.3 is 0 Å². The van der Waals surface area contributed by atoms with E-state index in [0.717, 1.165) is 55.5 Å². The van der Waals surface area contributed by atoms with E-state index in [2.05, 4.69) is 36.1 Å². The molecule has 2 aliphatic heterocycles. The van der Waals surface area contributed by atoms with Gasteiger partial charge in [0, 0.05) is 29.2 Å². The number of hydrogen-bond acceptors (Lipinski definition) is 3. The van der Waals surface area contributed by atoms with Gasteiger partial charge in [-0.25, -0.2) is 0 Å². The Labute approximate surface area is 200 Å². The minimum Gasteiger partial charge on any atom is -0.484 e. The molecule has 2 heterocycles. The van der Waals surface area contributed by atoms with Crippen molar-refractivity contribution in [2.75, 3.05) is 31.1 Å². The molecule has 170 valence electrons. The lowest BCUT2D eigenvalue weighted by molar-refractivity contribution is -0.120.